The van der Waals surface area contributed by atoms with E-state index >= 15 is 0 Å². The monoisotopic (exact) mass is 212 g/mol. The van der Waals surface area contributed by atoms with Gasteiger partial charge in [0.05, 0.1) is 0 Å². The van der Waals surface area contributed by atoms with Crippen molar-refractivity contribution in [3.05, 3.63) is 11.6 Å². The molecule has 1 N–H and O–H groups in total. The molecule has 0 radical (unpaired) electrons. The van der Waals surface area contributed by atoms with Crippen LogP contribution in [-0.4, -0.2) is 17.5 Å². The Morgan fingerprint density at radius 3 is 2.53 bits per heavy atom. The van der Waals surface area contributed by atoms with Crippen LogP contribution in [0.5, 0.6) is 0 Å². The maximum atomic E-state index is 10.8. The molecule has 0 atom stereocenters. The molecule has 15 heavy (non-hydrogen) atoms. The zero-order valence-corrected chi connectivity index (χ0v) is 10.3. The summed E-state index contributed by atoms with van der Waals surface area (Å²) in [5.41, 5.74) is 1.36. The second-order valence-electron chi connectivity index (χ2n) is 4.57. The van der Waals surface area contributed by atoms with Gasteiger partial charge in [0.25, 0.3) is 0 Å². The van der Waals surface area contributed by atoms with Crippen molar-refractivity contribution in [3.8, 4) is 0 Å². The van der Waals surface area contributed by atoms with Crippen LogP contribution in [0.25, 0.3) is 0 Å². The van der Waals surface area contributed by atoms with Gasteiger partial charge < -0.3 is 5.11 Å². The molecule has 0 aliphatic heterocycles. The highest BCUT2D eigenvalue weighted by Gasteiger charge is 1.98. The normalized spacial score (nSPS) is 12.2. The molecule has 0 aliphatic carbocycles. The Morgan fingerprint density at radius 2 is 2.00 bits per heavy atom. The molecule has 0 bridgehead atoms. The summed E-state index contributed by atoms with van der Waals surface area (Å²) in [7, 11) is 0. The van der Waals surface area contributed by atoms with E-state index in [9.17, 15) is 4.79 Å². The van der Waals surface area contributed by atoms with Gasteiger partial charge in [0.2, 0.25) is 0 Å². The first-order valence-electron chi connectivity index (χ1n) is 5.84. The van der Waals surface area contributed by atoms with Crippen LogP contribution in [0.2, 0.25) is 0 Å². The van der Waals surface area contributed by atoms with Crippen molar-refractivity contribution < 1.29 is 9.90 Å². The summed E-state index contributed by atoms with van der Waals surface area (Å²) in [5.74, 6) is 0.704. The van der Waals surface area contributed by atoms with E-state index in [1.165, 1.54) is 18.4 Å². The lowest BCUT2D eigenvalue weighted by Crippen LogP contribution is -2.01. The maximum Gasteiger partial charge on any atom is 0.158 e. The molecule has 0 aliphatic rings. The lowest BCUT2D eigenvalue weighted by Gasteiger charge is -2.04. The third kappa shape index (κ3) is 9.67. The number of allylic oxidation sites excluding steroid dienone is 2. The largest absolute Gasteiger partial charge is 0.389 e. The first kappa shape index (κ1) is 14.4. The summed E-state index contributed by atoms with van der Waals surface area (Å²) in [6, 6.07) is 0. The summed E-state index contributed by atoms with van der Waals surface area (Å²) >= 11 is 0. The van der Waals surface area contributed by atoms with Crippen molar-refractivity contribution in [2.45, 2.75) is 52.9 Å². The number of carbonyl (C=O) groups is 1. The fourth-order valence-electron chi connectivity index (χ4n) is 1.45. The fourth-order valence-corrected chi connectivity index (χ4v) is 1.45. The van der Waals surface area contributed by atoms with Crippen LogP contribution in [0.3, 0.4) is 0 Å². The molecule has 0 amide bonds. The first-order valence-corrected chi connectivity index (χ1v) is 5.84. The molecule has 2 nitrogen and oxygen atoms in total. The van der Waals surface area contributed by atoms with Crippen molar-refractivity contribution in [2.24, 2.45) is 5.92 Å². The smallest absolute Gasteiger partial charge is 0.158 e. The average molecular weight is 212 g/mol. The highest BCUT2D eigenvalue weighted by atomic mass is 16.3. The van der Waals surface area contributed by atoms with E-state index in [0.29, 0.717) is 6.42 Å². The van der Waals surface area contributed by atoms with E-state index in [1.54, 1.807) is 0 Å². The van der Waals surface area contributed by atoms with Crippen LogP contribution in [0, 0.1) is 5.92 Å². The summed E-state index contributed by atoms with van der Waals surface area (Å²) in [6.07, 6.45) is 6.99. The highest BCUT2D eigenvalue weighted by Crippen LogP contribution is 2.12. The number of ketones is 1. The van der Waals surface area contributed by atoms with Gasteiger partial charge in [-0.1, -0.05) is 31.9 Å². The van der Waals surface area contributed by atoms with E-state index in [4.69, 9.17) is 5.11 Å². The summed E-state index contributed by atoms with van der Waals surface area (Å²) in [4.78, 5) is 10.8. The number of aliphatic hydroxyl groups excluding tert-OH is 1. The van der Waals surface area contributed by atoms with Gasteiger partial charge in [-0.05, 0) is 32.1 Å². The van der Waals surface area contributed by atoms with E-state index < -0.39 is 0 Å². The fraction of sp³-hybridized carbons (Fsp3) is 0.769. The van der Waals surface area contributed by atoms with Crippen molar-refractivity contribution in [1.29, 1.82) is 0 Å². The third-order valence-corrected chi connectivity index (χ3v) is 2.44. The molecule has 0 spiro atoms. The van der Waals surface area contributed by atoms with Crippen molar-refractivity contribution in [1.82, 2.24) is 0 Å². The quantitative estimate of drug-likeness (QED) is 0.628. The SMILES string of the molecule is C/C(=C\CCC(=O)CO)CCCC(C)C. The topological polar surface area (TPSA) is 37.3 Å². The second kappa shape index (κ2) is 8.66. The zero-order chi connectivity index (χ0) is 11.7. The highest BCUT2D eigenvalue weighted by molar-refractivity contribution is 5.79. The molecule has 0 aromatic heterocycles. The van der Waals surface area contributed by atoms with Crippen LogP contribution in [0.1, 0.15) is 52.9 Å². The molecule has 0 heterocycles. The predicted octanol–water partition coefficient (Wildman–Crippen LogP) is 3.10. The van der Waals surface area contributed by atoms with Gasteiger partial charge in [0.15, 0.2) is 5.78 Å². The Labute approximate surface area is 93.4 Å². The van der Waals surface area contributed by atoms with Gasteiger partial charge >= 0.3 is 0 Å². The van der Waals surface area contributed by atoms with Gasteiger partial charge in [0, 0.05) is 6.42 Å². The number of hydrogen-bond donors (Lipinski definition) is 1. The van der Waals surface area contributed by atoms with Gasteiger partial charge in [-0.2, -0.15) is 0 Å². The van der Waals surface area contributed by atoms with Gasteiger partial charge in [-0.3, -0.25) is 4.79 Å². The Bertz CT molecular complexity index is 205. The van der Waals surface area contributed by atoms with Gasteiger partial charge in [-0.25, -0.2) is 0 Å². The van der Waals surface area contributed by atoms with E-state index in [0.717, 1.165) is 18.8 Å². The van der Waals surface area contributed by atoms with E-state index in [2.05, 4.69) is 26.8 Å². The molecule has 0 unspecified atom stereocenters. The molecule has 88 valence electrons. The Balaban J connectivity index is 3.56. The van der Waals surface area contributed by atoms with Crippen LogP contribution in [-0.2, 0) is 4.79 Å². The summed E-state index contributed by atoms with van der Waals surface area (Å²) < 4.78 is 0. The lowest BCUT2D eigenvalue weighted by molar-refractivity contribution is -0.121. The Morgan fingerprint density at radius 1 is 1.33 bits per heavy atom. The number of Topliss-reactive ketones (excluding diaryl/α,β-unsaturated/α-hetero) is 1. The summed E-state index contributed by atoms with van der Waals surface area (Å²) in [5, 5.41) is 8.53. The maximum absolute atomic E-state index is 10.8. The Kier molecular flexibility index (Phi) is 8.30. The minimum atomic E-state index is -0.319. The number of hydrogen-bond acceptors (Lipinski definition) is 2. The lowest BCUT2D eigenvalue weighted by atomic mass is 10.0. The van der Waals surface area contributed by atoms with Crippen LogP contribution in [0.4, 0.5) is 0 Å². The van der Waals surface area contributed by atoms with Crippen molar-refractivity contribution in [3.63, 3.8) is 0 Å². The van der Waals surface area contributed by atoms with Crippen LogP contribution >= 0.6 is 0 Å². The molecule has 0 saturated heterocycles. The zero-order valence-electron chi connectivity index (χ0n) is 10.3. The van der Waals surface area contributed by atoms with E-state index in [1.807, 2.05) is 0 Å². The minimum Gasteiger partial charge on any atom is -0.389 e. The standard InChI is InChI=1S/C13H24O2/c1-11(2)6-4-7-12(3)8-5-9-13(15)10-14/h8,11,14H,4-7,9-10H2,1-3H3/b12-8+. The molecule has 0 rings (SSSR count). The summed E-state index contributed by atoms with van der Waals surface area (Å²) in [6.45, 7) is 6.27. The third-order valence-electron chi connectivity index (χ3n) is 2.44. The molecule has 0 fully saturated rings. The van der Waals surface area contributed by atoms with Gasteiger partial charge in [-0.15, -0.1) is 0 Å². The minimum absolute atomic E-state index is 0.0683. The predicted molar refractivity (Wildman–Crippen MR) is 63.8 cm³/mol. The second-order valence-corrected chi connectivity index (χ2v) is 4.57. The average Bonchev–Trinajstić information content (AvgIpc) is 2.17. The molecule has 0 aromatic rings. The van der Waals surface area contributed by atoms with Crippen LogP contribution in [0.15, 0.2) is 11.6 Å². The number of aliphatic hydroxyl groups is 1. The number of rotatable bonds is 8. The molecule has 0 aromatic carbocycles. The van der Waals surface area contributed by atoms with Crippen molar-refractivity contribution in [2.75, 3.05) is 6.61 Å². The molecule has 0 saturated carbocycles. The number of carbonyl (C=O) groups excluding carboxylic acids is 1. The first-order chi connectivity index (χ1) is 7.06. The van der Waals surface area contributed by atoms with Gasteiger partial charge in [0.1, 0.15) is 6.61 Å². The van der Waals surface area contributed by atoms with Crippen molar-refractivity contribution >= 4 is 5.78 Å². The van der Waals surface area contributed by atoms with E-state index in [-0.39, 0.29) is 12.4 Å². The Hall–Kier alpha value is -0.630. The molecular weight excluding hydrogens is 188 g/mol. The van der Waals surface area contributed by atoms with Crippen LogP contribution < -0.4 is 0 Å². The molecule has 2 heteroatoms. The molecular formula is C13H24O2.